The minimum Gasteiger partial charge on any atom is -0.455 e. The van der Waals surface area contributed by atoms with Gasteiger partial charge in [-0.3, -0.25) is 0 Å². The number of para-hydroxylation sites is 1. The lowest BCUT2D eigenvalue weighted by Crippen LogP contribution is -2.37. The van der Waals surface area contributed by atoms with E-state index in [0.717, 1.165) is 53.6 Å². The Balaban J connectivity index is 1.15. The first kappa shape index (κ1) is 42.6. The topological polar surface area (TPSA) is 35.0 Å². The Morgan fingerprint density at radius 1 is 0.606 bits per heavy atom. The van der Waals surface area contributed by atoms with Crippen molar-refractivity contribution in [3.8, 4) is 39.2 Å². The number of benzene rings is 8. The first-order valence-electron chi connectivity index (χ1n) is 25.8. The summed E-state index contributed by atoms with van der Waals surface area (Å²) < 4.78 is 12.5. The Kier molecular flexibility index (Phi) is 8.54. The zero-order valence-corrected chi connectivity index (χ0v) is 42.8. The molecule has 0 amide bonds. The highest BCUT2D eigenvalue weighted by atomic mass is 16.3. The predicted octanol–water partition coefficient (Wildman–Crippen LogP) is 15.9. The lowest BCUT2D eigenvalue weighted by molar-refractivity contribution is 0.332. The van der Waals surface area contributed by atoms with Crippen molar-refractivity contribution in [1.82, 2.24) is 9.13 Å². The molecular formula is C66H60BN3O. The van der Waals surface area contributed by atoms with Gasteiger partial charge in [0, 0.05) is 67.9 Å². The van der Waals surface area contributed by atoms with Crippen molar-refractivity contribution in [3.63, 3.8) is 0 Å². The maximum absolute atomic E-state index is 7.43. The van der Waals surface area contributed by atoms with Crippen LogP contribution in [0.3, 0.4) is 0 Å². The molecular weight excluding hydrogens is 862 g/mol. The molecule has 0 saturated heterocycles. The van der Waals surface area contributed by atoms with Crippen molar-refractivity contribution >= 4 is 84.2 Å². The molecule has 0 bridgehead atoms. The van der Waals surface area contributed by atoms with Crippen molar-refractivity contribution in [1.29, 1.82) is 0 Å². The second-order valence-electron chi connectivity index (χ2n) is 24.1. The van der Waals surface area contributed by atoms with Crippen LogP contribution in [0.4, 0.5) is 11.4 Å². The molecule has 0 radical (unpaired) electrons. The summed E-state index contributed by atoms with van der Waals surface area (Å²) in [6, 6.07) is 55.3. The summed E-state index contributed by atoms with van der Waals surface area (Å²) in [5, 5.41) is 10.3. The van der Waals surface area contributed by atoms with Crippen molar-refractivity contribution in [2.24, 2.45) is 7.05 Å². The maximum atomic E-state index is 7.43. The van der Waals surface area contributed by atoms with Crippen LogP contribution in [-0.2, 0) is 28.7 Å². The van der Waals surface area contributed by atoms with Crippen molar-refractivity contribution in [3.05, 3.63) is 173 Å². The van der Waals surface area contributed by atoms with Gasteiger partial charge in [-0.05, 0) is 139 Å². The first-order valence-corrected chi connectivity index (χ1v) is 25.8. The SMILES string of the molecule is Cn1c(-c2ccccc2)cc2cc3c(cc21)-n1c2cc4c(cc2c2c5c(oc6ccccc65)c(-c5cc6c(cc5Nc5ccc(C(C)(C)C)cc5)C(C)(C)c5ccccc5-6)c(c21)B3)C(C)(C)CCC4(C)C. The summed E-state index contributed by atoms with van der Waals surface area (Å²) in [5.74, 6) is 0. The molecule has 0 saturated carbocycles. The van der Waals surface area contributed by atoms with Crippen LogP contribution >= 0.6 is 0 Å². The second-order valence-corrected chi connectivity index (χ2v) is 24.1. The third kappa shape index (κ3) is 5.93. The fourth-order valence-electron chi connectivity index (χ4n) is 13.4. The number of rotatable bonds is 4. The van der Waals surface area contributed by atoms with Gasteiger partial charge in [-0.25, -0.2) is 0 Å². The monoisotopic (exact) mass is 921 g/mol. The van der Waals surface area contributed by atoms with E-state index in [1.165, 1.54) is 110 Å². The quantitative estimate of drug-likeness (QED) is 0.179. The minimum absolute atomic E-state index is 0.0335. The van der Waals surface area contributed by atoms with Gasteiger partial charge in [0.05, 0.1) is 16.6 Å². The van der Waals surface area contributed by atoms with Crippen molar-refractivity contribution in [2.75, 3.05) is 5.32 Å². The van der Waals surface area contributed by atoms with E-state index >= 15 is 0 Å². The van der Waals surface area contributed by atoms with Crippen LogP contribution in [0.2, 0.25) is 0 Å². The van der Waals surface area contributed by atoms with Crippen LogP contribution in [0.5, 0.6) is 0 Å². The zero-order valence-electron chi connectivity index (χ0n) is 42.8. The summed E-state index contributed by atoms with van der Waals surface area (Å²) in [4.78, 5) is 0. The first-order chi connectivity index (χ1) is 34.0. The molecule has 0 unspecified atom stereocenters. The Morgan fingerprint density at radius 2 is 1.31 bits per heavy atom. The van der Waals surface area contributed by atoms with Gasteiger partial charge >= 0.3 is 0 Å². The number of nitrogens with one attached hydrogen (secondary N) is 1. The van der Waals surface area contributed by atoms with E-state index in [9.17, 15) is 0 Å². The lowest BCUT2D eigenvalue weighted by Gasteiger charge is -2.42. The summed E-state index contributed by atoms with van der Waals surface area (Å²) in [5.41, 5.74) is 26.0. The average Bonchev–Trinajstić information content (AvgIpc) is 4.07. The van der Waals surface area contributed by atoms with Gasteiger partial charge in [-0.15, -0.1) is 0 Å². The molecule has 348 valence electrons. The molecule has 71 heavy (non-hydrogen) atoms. The number of hydrogen-bond acceptors (Lipinski definition) is 2. The summed E-state index contributed by atoms with van der Waals surface area (Å²) in [6.45, 7) is 21.5. The van der Waals surface area contributed by atoms with E-state index in [1.807, 2.05) is 0 Å². The van der Waals surface area contributed by atoms with E-state index in [2.05, 4.69) is 229 Å². The largest absolute Gasteiger partial charge is 0.455 e. The van der Waals surface area contributed by atoms with Gasteiger partial charge < -0.3 is 18.9 Å². The third-order valence-corrected chi connectivity index (χ3v) is 17.5. The minimum atomic E-state index is -0.185. The van der Waals surface area contributed by atoms with Gasteiger partial charge in [0.15, 0.2) is 7.28 Å². The van der Waals surface area contributed by atoms with E-state index in [-0.39, 0.29) is 21.7 Å². The van der Waals surface area contributed by atoms with E-state index in [4.69, 9.17) is 4.42 Å². The van der Waals surface area contributed by atoms with Crippen LogP contribution in [-0.4, -0.2) is 16.4 Å². The normalized spacial score (nSPS) is 16.1. The molecule has 11 aromatic rings. The van der Waals surface area contributed by atoms with Crippen LogP contribution < -0.4 is 16.2 Å². The zero-order chi connectivity index (χ0) is 48.7. The average molecular weight is 922 g/mol. The van der Waals surface area contributed by atoms with Crippen LogP contribution in [0.1, 0.15) is 103 Å². The molecule has 14 rings (SSSR count). The van der Waals surface area contributed by atoms with Gasteiger partial charge in [0.25, 0.3) is 0 Å². The standard InChI is InChI=1S/C66H60BN3O/c1-63(2,3)39-24-26-40(27-25-39)68-51-34-47-43(41-20-14-16-22-46(41)66(47,8)9)32-44(51)59-60-61-57(58-42-21-15-17-23-56(42)71-62(58)59)45-33-48-49(65(6,7)29-28-64(48,4)5)35-54(45)70(61)55-36-53-38(30-50(55)67-60)31-52(69(53)10)37-18-12-11-13-19-37/h11-27,30-36,67-68H,28-29H2,1-10H3. The molecule has 5 heteroatoms. The lowest BCUT2D eigenvalue weighted by atomic mass is 9.58. The van der Waals surface area contributed by atoms with E-state index in [0.29, 0.717) is 0 Å². The highest BCUT2D eigenvalue weighted by Gasteiger charge is 2.41. The number of anilines is 2. The van der Waals surface area contributed by atoms with Crippen molar-refractivity contribution < 1.29 is 4.42 Å². The maximum Gasteiger partial charge on any atom is 0.198 e. The van der Waals surface area contributed by atoms with Gasteiger partial charge in [0.2, 0.25) is 0 Å². The number of aromatic nitrogens is 2. The van der Waals surface area contributed by atoms with Gasteiger partial charge in [0.1, 0.15) is 11.2 Å². The number of nitrogens with zero attached hydrogens (tertiary/aromatic N) is 2. The molecule has 0 atom stereocenters. The molecule has 8 aromatic carbocycles. The highest BCUT2D eigenvalue weighted by molar-refractivity contribution is 6.74. The van der Waals surface area contributed by atoms with Gasteiger partial charge in [-0.2, -0.15) is 0 Å². The number of aryl methyl sites for hydroxylation is 1. The summed E-state index contributed by atoms with van der Waals surface area (Å²) in [7, 11) is 2.99. The predicted molar refractivity (Wildman–Crippen MR) is 303 cm³/mol. The van der Waals surface area contributed by atoms with E-state index < -0.39 is 0 Å². The number of hydrogen-bond donors (Lipinski definition) is 1. The number of fused-ring (bicyclic) bond motifs is 14. The molecule has 1 aliphatic heterocycles. The molecule has 3 aliphatic rings. The van der Waals surface area contributed by atoms with Gasteiger partial charge in [-0.1, -0.05) is 159 Å². The highest BCUT2D eigenvalue weighted by Crippen LogP contribution is 2.55. The smallest absolute Gasteiger partial charge is 0.198 e. The Labute approximate surface area is 417 Å². The molecule has 0 spiro atoms. The molecule has 3 aromatic heterocycles. The summed E-state index contributed by atoms with van der Waals surface area (Å²) >= 11 is 0. The van der Waals surface area contributed by atoms with Crippen LogP contribution in [0, 0.1) is 0 Å². The molecule has 4 heterocycles. The van der Waals surface area contributed by atoms with Crippen LogP contribution in [0.15, 0.2) is 150 Å². The Hall–Kier alpha value is -7.24. The molecule has 1 N–H and O–H groups in total. The molecule has 2 aliphatic carbocycles. The fraction of sp³-hybridized carbons (Fsp3) is 0.242. The van der Waals surface area contributed by atoms with E-state index in [1.54, 1.807) is 0 Å². The molecule has 0 fully saturated rings. The summed E-state index contributed by atoms with van der Waals surface area (Å²) in [6.07, 6.45) is 2.31. The second kappa shape index (κ2) is 14.2. The van der Waals surface area contributed by atoms with Crippen LogP contribution in [0.25, 0.3) is 93.8 Å². The number of furan rings is 1. The Bertz CT molecular complexity index is 4110. The third-order valence-electron chi connectivity index (χ3n) is 17.5. The van der Waals surface area contributed by atoms with Crippen molar-refractivity contribution in [2.45, 2.75) is 96.8 Å². The Morgan fingerprint density at radius 3 is 2.07 bits per heavy atom. The molecule has 4 nitrogen and oxygen atoms in total. The fourth-order valence-corrected chi connectivity index (χ4v) is 13.4.